The monoisotopic (exact) mass is 495 g/mol. The number of aromatic nitrogens is 3. The number of piperidine rings is 1. The molecule has 1 aliphatic rings. The fourth-order valence-corrected chi connectivity index (χ4v) is 5.26. The van der Waals surface area contributed by atoms with Gasteiger partial charge in [-0.25, -0.2) is 4.98 Å². The van der Waals surface area contributed by atoms with E-state index in [1.54, 1.807) is 0 Å². The molecule has 7 nitrogen and oxygen atoms in total. The van der Waals surface area contributed by atoms with Crippen LogP contribution in [-0.4, -0.2) is 52.9 Å². The van der Waals surface area contributed by atoms with E-state index < -0.39 is 0 Å². The third-order valence-corrected chi connectivity index (χ3v) is 7.37. The largest absolute Gasteiger partial charge is 0.383 e. The van der Waals surface area contributed by atoms with Gasteiger partial charge in [0.15, 0.2) is 0 Å². The van der Waals surface area contributed by atoms with Crippen molar-refractivity contribution in [3.05, 3.63) is 95.4 Å². The third kappa shape index (κ3) is 5.68. The molecule has 1 fully saturated rings. The molecule has 37 heavy (non-hydrogen) atoms. The van der Waals surface area contributed by atoms with Crippen molar-refractivity contribution in [3.63, 3.8) is 0 Å². The number of aryl methyl sites for hydroxylation is 1. The third-order valence-electron chi connectivity index (χ3n) is 7.37. The molecular weight excluding hydrogens is 458 g/mol. The maximum Gasteiger partial charge on any atom is 0.130 e. The Bertz CT molecular complexity index is 1310. The first-order valence-electron chi connectivity index (χ1n) is 13.0. The van der Waals surface area contributed by atoms with Gasteiger partial charge in [0.25, 0.3) is 0 Å². The minimum Gasteiger partial charge on any atom is -0.383 e. The number of nitrogens with zero attached hydrogens (tertiary/aromatic N) is 4. The Morgan fingerprint density at radius 3 is 2.32 bits per heavy atom. The van der Waals surface area contributed by atoms with Crippen LogP contribution in [0.3, 0.4) is 0 Å². The van der Waals surface area contributed by atoms with Crippen LogP contribution in [0.1, 0.15) is 41.1 Å². The minimum atomic E-state index is -0.108. The molecule has 1 aliphatic heterocycles. The van der Waals surface area contributed by atoms with Gasteiger partial charge in [-0.15, -0.1) is 0 Å². The minimum absolute atomic E-state index is 0.108. The number of likely N-dealkylation sites (tertiary alicyclic amines) is 1. The van der Waals surface area contributed by atoms with E-state index in [2.05, 4.69) is 87.3 Å². The molecule has 1 saturated heterocycles. The van der Waals surface area contributed by atoms with E-state index >= 15 is 0 Å². The predicted molar refractivity (Wildman–Crippen MR) is 152 cm³/mol. The van der Waals surface area contributed by atoms with Crippen LogP contribution in [0.25, 0.3) is 11.1 Å². The maximum atomic E-state index is 6.63. The van der Waals surface area contributed by atoms with Gasteiger partial charge in [-0.05, 0) is 63.1 Å². The summed E-state index contributed by atoms with van der Waals surface area (Å²) in [6.07, 6.45) is 8.89. The zero-order valence-electron chi connectivity index (χ0n) is 22.0. The van der Waals surface area contributed by atoms with Crippen LogP contribution in [0.4, 0.5) is 11.5 Å². The summed E-state index contributed by atoms with van der Waals surface area (Å²) >= 11 is 0. The second-order valence-electron chi connectivity index (χ2n) is 10.1. The van der Waals surface area contributed by atoms with Crippen molar-refractivity contribution in [2.75, 3.05) is 38.2 Å². The summed E-state index contributed by atoms with van der Waals surface area (Å²) in [5.41, 5.74) is 14.5. The Balaban J connectivity index is 1.52. The predicted octanol–water partition coefficient (Wildman–Crippen LogP) is 4.47. The molecule has 7 heteroatoms. The van der Waals surface area contributed by atoms with Crippen molar-refractivity contribution < 1.29 is 0 Å². The number of pyridine rings is 1. The highest BCUT2D eigenvalue weighted by molar-refractivity contribution is 5.83. The lowest BCUT2D eigenvalue weighted by Crippen LogP contribution is -2.37. The molecule has 0 aliphatic carbocycles. The maximum absolute atomic E-state index is 6.63. The first-order valence-corrected chi connectivity index (χ1v) is 13.0. The van der Waals surface area contributed by atoms with Crippen molar-refractivity contribution >= 4 is 11.5 Å². The highest BCUT2D eigenvalue weighted by Crippen LogP contribution is 2.40. The van der Waals surface area contributed by atoms with Crippen molar-refractivity contribution in [2.24, 2.45) is 7.05 Å². The molecule has 3 heterocycles. The summed E-state index contributed by atoms with van der Waals surface area (Å²) in [5, 5.41) is 11.8. The Morgan fingerprint density at radius 1 is 0.973 bits per heavy atom. The van der Waals surface area contributed by atoms with Gasteiger partial charge in [-0.2, -0.15) is 5.10 Å². The van der Waals surface area contributed by atoms with Crippen LogP contribution < -0.4 is 16.4 Å². The standard InChI is InChI=1S/C30H37N7/c1-32-28(23-11-9-22(10-12-23)17-21-7-5-4-6-8-21)27-29(35-25-13-15-36(2)16-14-25)26(19-33-30(27)31)24-18-34-37(3)20-24/h4-12,18-20,25,28,32H,13-17H2,1-3H3,(H3,31,33,35). The molecule has 0 radical (unpaired) electrons. The Morgan fingerprint density at radius 2 is 1.68 bits per heavy atom. The molecule has 4 N–H and O–H groups in total. The summed E-state index contributed by atoms with van der Waals surface area (Å²) in [4.78, 5) is 7.04. The summed E-state index contributed by atoms with van der Waals surface area (Å²) in [6, 6.07) is 19.7. The van der Waals surface area contributed by atoms with Gasteiger partial charge in [-0.3, -0.25) is 4.68 Å². The van der Waals surface area contributed by atoms with Crippen molar-refractivity contribution in [3.8, 4) is 11.1 Å². The Labute approximate surface area is 219 Å². The van der Waals surface area contributed by atoms with Crippen molar-refractivity contribution in [1.29, 1.82) is 0 Å². The topological polar surface area (TPSA) is 84.0 Å². The average Bonchev–Trinajstić information content (AvgIpc) is 3.35. The second-order valence-corrected chi connectivity index (χ2v) is 10.1. The number of hydrogen-bond donors (Lipinski definition) is 3. The van der Waals surface area contributed by atoms with E-state index in [0.717, 1.165) is 60.3 Å². The fourth-order valence-electron chi connectivity index (χ4n) is 5.26. The van der Waals surface area contributed by atoms with Gasteiger partial charge in [0.1, 0.15) is 5.82 Å². The summed E-state index contributed by atoms with van der Waals surface area (Å²) in [5.74, 6) is 0.538. The average molecular weight is 496 g/mol. The van der Waals surface area contributed by atoms with E-state index in [-0.39, 0.29) is 6.04 Å². The highest BCUT2D eigenvalue weighted by atomic mass is 15.2. The number of anilines is 2. The van der Waals surface area contributed by atoms with Gasteiger partial charge in [0.2, 0.25) is 0 Å². The molecule has 0 amide bonds. The zero-order chi connectivity index (χ0) is 25.8. The molecule has 0 bridgehead atoms. The lowest BCUT2D eigenvalue weighted by molar-refractivity contribution is 0.264. The summed E-state index contributed by atoms with van der Waals surface area (Å²) in [6.45, 7) is 2.16. The van der Waals surface area contributed by atoms with Gasteiger partial charge in [-0.1, -0.05) is 54.6 Å². The van der Waals surface area contributed by atoms with Crippen molar-refractivity contribution in [1.82, 2.24) is 25.0 Å². The van der Waals surface area contributed by atoms with Crippen LogP contribution in [0, 0.1) is 0 Å². The van der Waals surface area contributed by atoms with Gasteiger partial charge in [0.05, 0.1) is 17.9 Å². The van der Waals surface area contributed by atoms with Crippen LogP contribution >= 0.6 is 0 Å². The molecular formula is C30H37N7. The van der Waals surface area contributed by atoms with E-state index in [1.807, 2.05) is 37.4 Å². The van der Waals surface area contributed by atoms with Gasteiger partial charge < -0.3 is 21.3 Å². The molecule has 0 spiro atoms. The van der Waals surface area contributed by atoms with Gasteiger partial charge >= 0.3 is 0 Å². The molecule has 1 unspecified atom stereocenters. The molecule has 1 atom stereocenters. The molecule has 2 aromatic carbocycles. The fraction of sp³-hybridized carbons (Fsp3) is 0.333. The van der Waals surface area contributed by atoms with Crippen LogP contribution in [0.15, 0.2) is 73.2 Å². The number of nitrogens with two attached hydrogens (primary N) is 1. The number of hydrogen-bond acceptors (Lipinski definition) is 6. The van der Waals surface area contributed by atoms with E-state index in [9.17, 15) is 0 Å². The SMILES string of the molecule is CNC(c1ccc(Cc2ccccc2)cc1)c1c(N)ncc(-c2cnn(C)c2)c1NC1CCN(C)CC1. The molecule has 0 saturated carbocycles. The normalized spacial score (nSPS) is 15.5. The number of benzene rings is 2. The highest BCUT2D eigenvalue weighted by Gasteiger charge is 2.26. The molecule has 2 aromatic heterocycles. The number of nitrogen functional groups attached to an aromatic ring is 1. The van der Waals surface area contributed by atoms with E-state index in [4.69, 9.17) is 5.73 Å². The quantitative estimate of drug-likeness (QED) is 0.335. The second kappa shape index (κ2) is 11.2. The van der Waals surface area contributed by atoms with Crippen LogP contribution in [0.5, 0.6) is 0 Å². The summed E-state index contributed by atoms with van der Waals surface area (Å²) < 4.78 is 1.83. The van der Waals surface area contributed by atoms with Gasteiger partial charge in [0, 0.05) is 42.2 Å². The van der Waals surface area contributed by atoms with Crippen molar-refractivity contribution in [2.45, 2.75) is 31.3 Å². The lowest BCUT2D eigenvalue weighted by atomic mass is 9.92. The first kappa shape index (κ1) is 25.0. The smallest absolute Gasteiger partial charge is 0.130 e. The lowest BCUT2D eigenvalue weighted by Gasteiger charge is -2.32. The van der Waals surface area contributed by atoms with E-state index in [1.165, 1.54) is 11.1 Å². The van der Waals surface area contributed by atoms with E-state index in [0.29, 0.717) is 11.9 Å². The Kier molecular flexibility index (Phi) is 7.53. The molecule has 192 valence electrons. The first-order chi connectivity index (χ1) is 18.0. The number of rotatable bonds is 8. The summed E-state index contributed by atoms with van der Waals surface area (Å²) in [7, 11) is 6.11. The Hall–Kier alpha value is -3.68. The molecule has 4 aromatic rings. The van der Waals surface area contributed by atoms with Crippen LogP contribution in [-0.2, 0) is 13.5 Å². The number of nitrogens with one attached hydrogen (secondary N) is 2. The zero-order valence-corrected chi connectivity index (χ0v) is 22.0. The van der Waals surface area contributed by atoms with Crippen LogP contribution in [0.2, 0.25) is 0 Å². The molecule has 5 rings (SSSR count).